The molecule has 102 valence electrons. The van der Waals surface area contributed by atoms with Crippen LogP contribution in [0.3, 0.4) is 0 Å². The summed E-state index contributed by atoms with van der Waals surface area (Å²) >= 11 is 7.83. The van der Waals surface area contributed by atoms with E-state index in [1.165, 1.54) is 0 Å². The highest BCUT2D eigenvalue weighted by Gasteiger charge is 2.06. The molecule has 0 aliphatic carbocycles. The molecule has 0 fully saturated rings. The third kappa shape index (κ3) is 3.67. The van der Waals surface area contributed by atoms with Gasteiger partial charge in [-0.1, -0.05) is 18.5 Å². The molecule has 5 heteroatoms. The van der Waals surface area contributed by atoms with Crippen molar-refractivity contribution in [1.29, 1.82) is 0 Å². The Morgan fingerprint density at radius 2 is 2.21 bits per heavy atom. The van der Waals surface area contributed by atoms with Gasteiger partial charge in [0.2, 0.25) is 0 Å². The van der Waals surface area contributed by atoms with E-state index in [0.29, 0.717) is 16.8 Å². The highest BCUT2D eigenvalue weighted by molar-refractivity contribution is 7.98. The summed E-state index contributed by atoms with van der Waals surface area (Å²) in [6.07, 6.45) is 3.12. The Kier molecular flexibility index (Phi) is 4.77. The number of thioether (sulfide) groups is 1. The Balaban J connectivity index is 2.00. The molecule has 0 bridgehead atoms. The van der Waals surface area contributed by atoms with Crippen molar-refractivity contribution < 1.29 is 0 Å². The number of anilines is 1. The van der Waals surface area contributed by atoms with Gasteiger partial charge in [0.05, 0.1) is 10.7 Å². The number of rotatable bonds is 5. The molecule has 0 radical (unpaired) electrons. The van der Waals surface area contributed by atoms with Crippen molar-refractivity contribution in [2.75, 3.05) is 5.73 Å². The molecule has 1 atom stereocenters. The maximum Gasteiger partial charge on any atom is 0.0727 e. The van der Waals surface area contributed by atoms with Gasteiger partial charge in [-0.05, 0) is 37.6 Å². The summed E-state index contributed by atoms with van der Waals surface area (Å²) in [4.78, 5) is 1.04. The summed E-state index contributed by atoms with van der Waals surface area (Å²) in [5, 5.41) is 5.27. The lowest BCUT2D eigenvalue weighted by atomic mass is 10.3. The predicted molar refractivity (Wildman–Crippen MR) is 82.7 cm³/mol. The monoisotopic (exact) mass is 295 g/mol. The van der Waals surface area contributed by atoms with Crippen LogP contribution in [0.1, 0.15) is 32.0 Å². The largest absolute Gasteiger partial charge is 0.399 e. The van der Waals surface area contributed by atoms with Crippen LogP contribution in [0, 0.1) is 0 Å². The first kappa shape index (κ1) is 14.3. The fraction of sp³-hybridized carbons (Fsp3) is 0.357. The van der Waals surface area contributed by atoms with E-state index >= 15 is 0 Å². The molecule has 0 aliphatic heterocycles. The third-order valence-electron chi connectivity index (χ3n) is 3.04. The minimum Gasteiger partial charge on any atom is -0.399 e. The lowest BCUT2D eigenvalue weighted by Crippen LogP contribution is -2.04. The minimum absolute atomic E-state index is 0.443. The van der Waals surface area contributed by atoms with E-state index < -0.39 is 0 Å². The second-order valence-electron chi connectivity index (χ2n) is 4.52. The predicted octanol–water partition coefficient (Wildman–Crippen LogP) is 4.38. The lowest BCUT2D eigenvalue weighted by Gasteiger charge is -2.08. The highest BCUT2D eigenvalue weighted by atomic mass is 35.5. The van der Waals surface area contributed by atoms with Crippen LogP contribution in [0.25, 0.3) is 0 Å². The van der Waals surface area contributed by atoms with Crippen molar-refractivity contribution >= 4 is 29.1 Å². The van der Waals surface area contributed by atoms with Crippen molar-refractivity contribution in [1.82, 2.24) is 9.78 Å². The minimum atomic E-state index is 0.443. The van der Waals surface area contributed by atoms with Crippen LogP contribution >= 0.6 is 23.4 Å². The zero-order chi connectivity index (χ0) is 13.8. The SMILES string of the molecule is CCC(C)n1ccc(CSc2ccc(N)cc2Cl)n1. The first-order chi connectivity index (χ1) is 9.10. The number of nitrogens with zero attached hydrogens (tertiary/aromatic N) is 2. The van der Waals surface area contributed by atoms with Gasteiger partial charge in [-0.3, -0.25) is 4.68 Å². The molecule has 1 unspecified atom stereocenters. The van der Waals surface area contributed by atoms with Crippen LogP contribution < -0.4 is 5.73 Å². The van der Waals surface area contributed by atoms with Gasteiger partial charge in [0.15, 0.2) is 0 Å². The average Bonchev–Trinajstić information content (AvgIpc) is 2.85. The fourth-order valence-electron chi connectivity index (χ4n) is 1.67. The quantitative estimate of drug-likeness (QED) is 0.657. The number of nitrogens with two attached hydrogens (primary N) is 1. The van der Waals surface area contributed by atoms with Crippen molar-refractivity contribution in [3.8, 4) is 0 Å². The highest BCUT2D eigenvalue weighted by Crippen LogP contribution is 2.30. The molecule has 0 saturated carbocycles. The molecule has 0 aliphatic rings. The van der Waals surface area contributed by atoms with E-state index in [1.54, 1.807) is 17.8 Å². The molecule has 0 saturated heterocycles. The van der Waals surface area contributed by atoms with Crippen LogP contribution in [0.5, 0.6) is 0 Å². The zero-order valence-corrected chi connectivity index (χ0v) is 12.7. The summed E-state index contributed by atoms with van der Waals surface area (Å²) in [6.45, 7) is 4.33. The normalized spacial score (nSPS) is 12.6. The van der Waals surface area contributed by atoms with Gasteiger partial charge in [-0.2, -0.15) is 5.10 Å². The van der Waals surface area contributed by atoms with Crippen molar-refractivity contribution in [3.05, 3.63) is 41.2 Å². The molecule has 2 aromatic rings. The van der Waals surface area contributed by atoms with Gasteiger partial charge in [0.1, 0.15) is 0 Å². The Morgan fingerprint density at radius 1 is 1.42 bits per heavy atom. The molecule has 19 heavy (non-hydrogen) atoms. The van der Waals surface area contributed by atoms with E-state index in [-0.39, 0.29) is 0 Å². The van der Waals surface area contributed by atoms with Crippen LogP contribution in [0.2, 0.25) is 5.02 Å². The molecular weight excluding hydrogens is 278 g/mol. The van der Waals surface area contributed by atoms with Gasteiger partial charge < -0.3 is 5.73 Å². The molecule has 3 nitrogen and oxygen atoms in total. The first-order valence-corrected chi connectivity index (χ1v) is 7.68. The Morgan fingerprint density at radius 3 is 2.89 bits per heavy atom. The summed E-state index contributed by atoms with van der Waals surface area (Å²) in [5.74, 6) is 0.813. The van der Waals surface area contributed by atoms with Gasteiger partial charge in [-0.15, -0.1) is 11.8 Å². The van der Waals surface area contributed by atoms with Crippen LogP contribution in [0.15, 0.2) is 35.4 Å². The van der Waals surface area contributed by atoms with E-state index in [2.05, 4.69) is 25.0 Å². The van der Waals surface area contributed by atoms with Gasteiger partial charge in [0.25, 0.3) is 0 Å². The Hall–Kier alpha value is -1.13. The van der Waals surface area contributed by atoms with Gasteiger partial charge in [-0.25, -0.2) is 0 Å². The summed E-state index contributed by atoms with van der Waals surface area (Å²) in [5.41, 5.74) is 7.44. The number of nitrogen functional groups attached to an aromatic ring is 1. The second-order valence-corrected chi connectivity index (χ2v) is 5.95. The topological polar surface area (TPSA) is 43.8 Å². The number of halogens is 1. The smallest absolute Gasteiger partial charge is 0.0727 e. The maximum atomic E-state index is 6.15. The zero-order valence-electron chi connectivity index (χ0n) is 11.1. The molecule has 1 aromatic heterocycles. The fourth-order valence-corrected chi connectivity index (χ4v) is 2.84. The molecule has 2 N–H and O–H groups in total. The molecule has 1 heterocycles. The lowest BCUT2D eigenvalue weighted by molar-refractivity contribution is 0.475. The second kappa shape index (κ2) is 6.35. The summed E-state index contributed by atoms with van der Waals surface area (Å²) in [6, 6.07) is 8.10. The molecule has 0 amide bonds. The van der Waals surface area contributed by atoms with Crippen LogP contribution in [0.4, 0.5) is 5.69 Å². The number of hydrogen-bond donors (Lipinski definition) is 1. The third-order valence-corrected chi connectivity index (χ3v) is 4.57. The summed E-state index contributed by atoms with van der Waals surface area (Å²) < 4.78 is 2.01. The Bertz CT molecular complexity index is 553. The van der Waals surface area contributed by atoms with E-state index in [0.717, 1.165) is 22.8 Å². The standard InChI is InChI=1S/C14H18ClN3S/c1-3-10(2)18-7-6-12(17-18)9-19-14-5-4-11(16)8-13(14)15/h4-8,10H,3,9,16H2,1-2H3. The average molecular weight is 296 g/mol. The number of aromatic nitrogens is 2. The first-order valence-electron chi connectivity index (χ1n) is 6.32. The van der Waals surface area contributed by atoms with Crippen LogP contribution in [-0.2, 0) is 5.75 Å². The van der Waals surface area contributed by atoms with Gasteiger partial charge in [0, 0.05) is 28.6 Å². The number of hydrogen-bond acceptors (Lipinski definition) is 3. The molecule has 0 spiro atoms. The molecule has 2 rings (SSSR count). The molecule has 1 aromatic carbocycles. The van der Waals surface area contributed by atoms with Crippen molar-refractivity contribution in [2.45, 2.75) is 37.0 Å². The van der Waals surface area contributed by atoms with E-state index in [9.17, 15) is 0 Å². The molecular formula is C14H18ClN3S. The van der Waals surface area contributed by atoms with Crippen molar-refractivity contribution in [3.63, 3.8) is 0 Å². The number of benzene rings is 1. The maximum absolute atomic E-state index is 6.15. The van der Waals surface area contributed by atoms with E-state index in [4.69, 9.17) is 17.3 Å². The van der Waals surface area contributed by atoms with Gasteiger partial charge >= 0.3 is 0 Å². The van der Waals surface area contributed by atoms with E-state index in [1.807, 2.05) is 23.0 Å². The summed E-state index contributed by atoms with van der Waals surface area (Å²) in [7, 11) is 0. The van der Waals surface area contributed by atoms with Crippen LogP contribution in [-0.4, -0.2) is 9.78 Å². The van der Waals surface area contributed by atoms with Crippen molar-refractivity contribution in [2.24, 2.45) is 0 Å². The Labute approximate surface area is 123 Å².